The van der Waals surface area contributed by atoms with Crippen molar-refractivity contribution in [1.82, 2.24) is 5.32 Å². The first-order valence-corrected chi connectivity index (χ1v) is 5.74. The Morgan fingerprint density at radius 3 is 2.81 bits per heavy atom. The molecule has 0 unspecified atom stereocenters. The zero-order valence-electron chi connectivity index (χ0n) is 8.68. The highest BCUT2D eigenvalue weighted by atomic mass is 127. The third-order valence-corrected chi connectivity index (χ3v) is 2.67. The summed E-state index contributed by atoms with van der Waals surface area (Å²) in [5.41, 5.74) is 0.949. The molecule has 0 aliphatic heterocycles. The zero-order valence-corrected chi connectivity index (χ0v) is 10.8. The van der Waals surface area contributed by atoms with Crippen LogP contribution in [0, 0.1) is 16.3 Å². The molecule has 0 fully saturated rings. The van der Waals surface area contributed by atoms with Gasteiger partial charge in [0, 0.05) is 10.1 Å². The van der Waals surface area contributed by atoms with E-state index in [1.54, 1.807) is 13.0 Å². The third-order valence-electron chi connectivity index (χ3n) is 1.82. The van der Waals surface area contributed by atoms with Gasteiger partial charge in [-0.2, -0.15) is 0 Å². The van der Waals surface area contributed by atoms with Gasteiger partial charge < -0.3 is 15.7 Å². The van der Waals surface area contributed by atoms with Crippen LogP contribution in [-0.4, -0.2) is 24.3 Å². The molecule has 16 heavy (non-hydrogen) atoms. The summed E-state index contributed by atoms with van der Waals surface area (Å²) in [6.07, 6.45) is 0. The fourth-order valence-corrected chi connectivity index (χ4v) is 2.03. The molecular weight excluding hydrogens is 326 g/mol. The number of aliphatic hydroxyl groups excluding tert-OH is 1. The second kappa shape index (κ2) is 6.00. The number of hydrogen-bond acceptors (Lipinski definition) is 2. The van der Waals surface area contributed by atoms with Gasteiger partial charge in [-0.05, 0) is 47.2 Å². The van der Waals surface area contributed by atoms with E-state index in [4.69, 9.17) is 5.11 Å². The third kappa shape index (κ3) is 3.60. The monoisotopic (exact) mass is 338 g/mol. The van der Waals surface area contributed by atoms with E-state index in [9.17, 15) is 9.18 Å². The van der Waals surface area contributed by atoms with Crippen molar-refractivity contribution in [3.8, 4) is 0 Å². The predicted octanol–water partition coefficient (Wildman–Crippen LogP) is 1.85. The van der Waals surface area contributed by atoms with Gasteiger partial charge in [0.1, 0.15) is 5.82 Å². The molecule has 1 rings (SSSR count). The van der Waals surface area contributed by atoms with Crippen LogP contribution in [0.2, 0.25) is 0 Å². The normalized spacial score (nSPS) is 10.0. The number of aryl methyl sites for hydroxylation is 1. The van der Waals surface area contributed by atoms with Crippen LogP contribution in [0.15, 0.2) is 12.1 Å². The maximum atomic E-state index is 13.5. The van der Waals surface area contributed by atoms with E-state index in [0.29, 0.717) is 3.57 Å². The summed E-state index contributed by atoms with van der Waals surface area (Å²) >= 11 is 1.95. The van der Waals surface area contributed by atoms with Crippen molar-refractivity contribution >= 4 is 34.3 Å². The van der Waals surface area contributed by atoms with Crippen LogP contribution in [0.3, 0.4) is 0 Å². The number of anilines is 1. The van der Waals surface area contributed by atoms with Crippen molar-refractivity contribution in [2.45, 2.75) is 6.92 Å². The maximum absolute atomic E-state index is 13.5. The lowest BCUT2D eigenvalue weighted by Crippen LogP contribution is -2.31. The Labute approximate surface area is 106 Å². The van der Waals surface area contributed by atoms with E-state index in [1.165, 1.54) is 6.07 Å². The molecule has 0 spiro atoms. The van der Waals surface area contributed by atoms with Crippen LogP contribution in [0.1, 0.15) is 5.56 Å². The lowest BCUT2D eigenvalue weighted by atomic mass is 10.2. The molecule has 0 aliphatic carbocycles. The van der Waals surface area contributed by atoms with Crippen LogP contribution in [-0.2, 0) is 0 Å². The maximum Gasteiger partial charge on any atom is 0.319 e. The number of nitrogens with one attached hydrogen (secondary N) is 2. The van der Waals surface area contributed by atoms with Crippen molar-refractivity contribution in [3.63, 3.8) is 0 Å². The molecule has 1 aromatic carbocycles. The summed E-state index contributed by atoms with van der Waals surface area (Å²) in [5.74, 6) is -0.469. The zero-order chi connectivity index (χ0) is 12.1. The molecule has 0 saturated heterocycles. The second-order valence-corrected chi connectivity index (χ2v) is 4.37. The molecule has 0 aliphatic rings. The van der Waals surface area contributed by atoms with Gasteiger partial charge in [0.05, 0.1) is 12.3 Å². The Kier molecular flexibility index (Phi) is 4.94. The molecule has 3 N–H and O–H groups in total. The van der Waals surface area contributed by atoms with Gasteiger partial charge in [0.15, 0.2) is 0 Å². The molecule has 0 atom stereocenters. The van der Waals surface area contributed by atoms with Gasteiger partial charge in [0.25, 0.3) is 0 Å². The highest BCUT2D eigenvalue weighted by molar-refractivity contribution is 14.1. The number of hydrogen-bond donors (Lipinski definition) is 3. The minimum absolute atomic E-state index is 0.135. The van der Waals surface area contributed by atoms with E-state index in [0.717, 1.165) is 5.56 Å². The van der Waals surface area contributed by atoms with E-state index in [2.05, 4.69) is 10.6 Å². The fraction of sp³-hybridized carbons (Fsp3) is 0.300. The van der Waals surface area contributed by atoms with Gasteiger partial charge >= 0.3 is 6.03 Å². The van der Waals surface area contributed by atoms with Crippen LogP contribution in [0.5, 0.6) is 0 Å². The molecule has 0 radical (unpaired) electrons. The first-order chi connectivity index (χ1) is 7.54. The minimum atomic E-state index is -0.533. The van der Waals surface area contributed by atoms with Crippen molar-refractivity contribution in [3.05, 3.63) is 27.1 Å². The number of carbonyl (C=O) groups excluding carboxylic acids is 1. The van der Waals surface area contributed by atoms with E-state index in [-0.39, 0.29) is 18.8 Å². The van der Waals surface area contributed by atoms with Gasteiger partial charge in [-0.25, -0.2) is 9.18 Å². The molecule has 6 heteroatoms. The first kappa shape index (κ1) is 13.2. The predicted molar refractivity (Wildman–Crippen MR) is 68.0 cm³/mol. The Morgan fingerprint density at radius 2 is 2.25 bits per heavy atom. The van der Waals surface area contributed by atoms with Crippen molar-refractivity contribution < 1.29 is 14.3 Å². The van der Waals surface area contributed by atoms with Crippen LogP contribution in [0.4, 0.5) is 14.9 Å². The number of rotatable bonds is 3. The largest absolute Gasteiger partial charge is 0.395 e. The van der Waals surface area contributed by atoms with Gasteiger partial charge in [-0.3, -0.25) is 0 Å². The van der Waals surface area contributed by atoms with Gasteiger partial charge in [-0.15, -0.1) is 0 Å². The summed E-state index contributed by atoms with van der Waals surface area (Å²) in [6, 6.07) is 2.59. The quantitative estimate of drug-likeness (QED) is 0.737. The van der Waals surface area contributed by atoms with E-state index in [1.807, 2.05) is 22.6 Å². The molecule has 0 saturated carbocycles. The smallest absolute Gasteiger partial charge is 0.319 e. The number of amides is 2. The standard InChI is InChI=1S/C10H12FIN2O2/c1-6-4-7(11)9(8(12)5-6)14-10(16)13-2-3-15/h4-5,15H,2-3H2,1H3,(H2,13,14,16). The topological polar surface area (TPSA) is 61.4 Å². The van der Waals surface area contributed by atoms with Gasteiger partial charge in [-0.1, -0.05) is 0 Å². The van der Waals surface area contributed by atoms with Crippen LogP contribution in [0.25, 0.3) is 0 Å². The van der Waals surface area contributed by atoms with E-state index < -0.39 is 11.8 Å². The lowest BCUT2D eigenvalue weighted by Gasteiger charge is -2.10. The Hall–Kier alpha value is -0.890. The summed E-state index contributed by atoms with van der Waals surface area (Å²) in [6.45, 7) is 1.76. The molecule has 1 aromatic rings. The molecule has 2 amide bonds. The Bertz CT molecular complexity index is 375. The molecule has 0 bridgehead atoms. The van der Waals surface area contributed by atoms with Crippen LogP contribution < -0.4 is 10.6 Å². The highest BCUT2D eigenvalue weighted by Gasteiger charge is 2.10. The summed E-state index contributed by atoms with van der Waals surface area (Å²) in [5, 5.41) is 13.3. The summed E-state index contributed by atoms with van der Waals surface area (Å²) < 4.78 is 14.1. The highest BCUT2D eigenvalue weighted by Crippen LogP contribution is 2.23. The van der Waals surface area contributed by atoms with Gasteiger partial charge in [0.2, 0.25) is 0 Å². The molecule has 0 aromatic heterocycles. The SMILES string of the molecule is Cc1cc(F)c(NC(=O)NCCO)c(I)c1. The number of aliphatic hydroxyl groups is 1. The number of benzene rings is 1. The van der Waals surface area contributed by atoms with Crippen molar-refractivity contribution in [2.24, 2.45) is 0 Å². The summed E-state index contributed by atoms with van der Waals surface area (Å²) in [7, 11) is 0. The number of halogens is 2. The Morgan fingerprint density at radius 1 is 1.56 bits per heavy atom. The minimum Gasteiger partial charge on any atom is -0.395 e. The van der Waals surface area contributed by atoms with Crippen molar-refractivity contribution in [1.29, 1.82) is 0 Å². The molecule has 0 heterocycles. The molecule has 4 nitrogen and oxygen atoms in total. The fourth-order valence-electron chi connectivity index (χ4n) is 1.15. The van der Waals surface area contributed by atoms with Crippen molar-refractivity contribution in [2.75, 3.05) is 18.5 Å². The lowest BCUT2D eigenvalue weighted by molar-refractivity contribution is 0.244. The Balaban J connectivity index is 2.77. The molecular formula is C10H12FIN2O2. The van der Waals surface area contributed by atoms with E-state index >= 15 is 0 Å². The molecule has 88 valence electrons. The summed E-state index contributed by atoms with van der Waals surface area (Å²) in [4.78, 5) is 11.3. The number of urea groups is 1. The first-order valence-electron chi connectivity index (χ1n) is 4.66. The average Bonchev–Trinajstić information content (AvgIpc) is 2.20. The van der Waals surface area contributed by atoms with Crippen LogP contribution >= 0.6 is 22.6 Å². The number of carbonyl (C=O) groups is 1. The second-order valence-electron chi connectivity index (χ2n) is 3.21. The average molecular weight is 338 g/mol.